The first kappa shape index (κ1) is 25.4. The van der Waals surface area contributed by atoms with Crippen LogP contribution in [0.5, 0.6) is 5.88 Å². The summed E-state index contributed by atoms with van der Waals surface area (Å²) in [5.74, 6) is -0.224. The molecular weight excluding hydrogens is 492 g/mol. The fourth-order valence-electron chi connectivity index (χ4n) is 4.61. The Kier molecular flexibility index (Phi) is 7.11. The van der Waals surface area contributed by atoms with Crippen molar-refractivity contribution in [3.63, 3.8) is 0 Å². The van der Waals surface area contributed by atoms with E-state index in [9.17, 15) is 9.90 Å². The van der Waals surface area contributed by atoms with Gasteiger partial charge in [-0.05, 0) is 74.8 Å². The predicted molar refractivity (Wildman–Crippen MR) is 157 cm³/mol. The van der Waals surface area contributed by atoms with Crippen LogP contribution in [-0.2, 0) is 6.42 Å². The minimum atomic E-state index is -0.412. The lowest BCUT2D eigenvalue weighted by molar-refractivity contribution is 0.430. The molecule has 192 valence electrons. The van der Waals surface area contributed by atoms with Crippen LogP contribution in [0.25, 0.3) is 22.3 Å². The zero-order valence-corrected chi connectivity index (χ0v) is 22.5. The van der Waals surface area contributed by atoms with Gasteiger partial charge in [0.05, 0.1) is 17.4 Å². The summed E-state index contributed by atoms with van der Waals surface area (Å²) in [4.78, 5) is 21.9. The van der Waals surface area contributed by atoms with Gasteiger partial charge in [0.2, 0.25) is 5.88 Å². The molecule has 0 saturated carbocycles. The van der Waals surface area contributed by atoms with Crippen molar-refractivity contribution in [2.75, 3.05) is 0 Å². The predicted octanol–water partition coefficient (Wildman–Crippen LogP) is 6.60. The number of para-hydroxylation sites is 1. The number of aryl methyl sites for hydroxylation is 2. The van der Waals surface area contributed by atoms with Gasteiger partial charge in [0.15, 0.2) is 4.77 Å². The molecule has 0 spiro atoms. The van der Waals surface area contributed by atoms with E-state index in [-0.39, 0.29) is 22.3 Å². The van der Waals surface area contributed by atoms with Crippen molar-refractivity contribution in [1.82, 2.24) is 14.1 Å². The molecular formula is C31H30N4O2S. The number of aliphatic imine (C=N–C) groups is 1. The molecule has 3 aromatic carbocycles. The fraction of sp³-hybridized carbons (Fsp3) is 0.194. The Morgan fingerprint density at radius 2 is 1.55 bits per heavy atom. The second kappa shape index (κ2) is 10.6. The van der Waals surface area contributed by atoms with Crippen molar-refractivity contribution >= 4 is 29.3 Å². The number of rotatable bonds is 7. The molecule has 2 heterocycles. The molecule has 0 aliphatic rings. The van der Waals surface area contributed by atoms with Crippen LogP contribution in [-0.4, -0.2) is 31.5 Å². The van der Waals surface area contributed by atoms with E-state index in [0.717, 1.165) is 23.1 Å². The molecule has 0 aliphatic carbocycles. The van der Waals surface area contributed by atoms with Crippen LogP contribution in [0, 0.1) is 18.6 Å². The van der Waals surface area contributed by atoms with Crippen LogP contribution in [0.15, 0.2) is 88.8 Å². The highest BCUT2D eigenvalue weighted by Crippen LogP contribution is 2.24. The average Bonchev–Trinajstić information content (AvgIpc) is 3.32. The number of nitrogens with zero attached hydrogens (tertiary/aromatic N) is 3. The van der Waals surface area contributed by atoms with E-state index in [1.807, 2.05) is 80.7 Å². The smallest absolute Gasteiger partial charge is 0.271 e. The van der Waals surface area contributed by atoms with Crippen molar-refractivity contribution in [3.05, 3.63) is 116 Å². The summed E-state index contributed by atoms with van der Waals surface area (Å²) in [7, 11) is 0. The number of H-pyrrole nitrogens is 1. The molecule has 6 nitrogen and oxygen atoms in total. The van der Waals surface area contributed by atoms with Gasteiger partial charge in [0, 0.05) is 23.3 Å². The van der Waals surface area contributed by atoms with Gasteiger partial charge >= 0.3 is 0 Å². The molecule has 0 fully saturated rings. The Morgan fingerprint density at radius 1 is 0.947 bits per heavy atom. The molecule has 38 heavy (non-hydrogen) atoms. The molecule has 0 saturated heterocycles. The molecule has 2 N–H and O–H groups in total. The van der Waals surface area contributed by atoms with Gasteiger partial charge in [-0.2, -0.15) is 0 Å². The molecule has 1 atom stereocenters. The van der Waals surface area contributed by atoms with E-state index in [4.69, 9.17) is 17.2 Å². The average molecular weight is 523 g/mol. The first-order valence-corrected chi connectivity index (χ1v) is 13.1. The monoisotopic (exact) mass is 522 g/mol. The van der Waals surface area contributed by atoms with Gasteiger partial charge in [0.25, 0.3) is 5.56 Å². The molecule has 5 rings (SSSR count). The summed E-state index contributed by atoms with van der Waals surface area (Å²) in [6.45, 7) is 6.05. The lowest BCUT2D eigenvalue weighted by Gasteiger charge is -2.17. The number of aromatic hydroxyl groups is 1. The molecule has 1 unspecified atom stereocenters. The van der Waals surface area contributed by atoms with E-state index in [0.29, 0.717) is 17.8 Å². The van der Waals surface area contributed by atoms with Gasteiger partial charge in [-0.25, -0.2) is 0 Å². The SMILES string of the molecule is CCC(Cc1c[nH]c2ccccc12)N=Cc1c(O)n(-c2ccc(C)cc2)c(=S)n(-c2ccc(C)cc2)c1=O. The third-order valence-corrected chi connectivity index (χ3v) is 7.23. The molecule has 0 radical (unpaired) electrons. The highest BCUT2D eigenvalue weighted by Gasteiger charge is 2.19. The number of hydrogen-bond acceptors (Lipinski definition) is 4. The third-order valence-electron chi connectivity index (χ3n) is 6.87. The Labute approximate surface area is 226 Å². The Hall–Kier alpha value is -4.23. The standard InChI is InChI=1S/C31H30N4O2S/c1-4-23(17-22-18-33-28-8-6-5-7-26(22)28)32-19-27-29(36)34(24-13-9-20(2)10-14-24)31(38)35(30(27)37)25-15-11-21(3)12-16-25/h5-16,18-19,23,33,36H,4,17H2,1-3H3. The number of nitrogens with one attached hydrogen (secondary N) is 1. The zero-order chi connectivity index (χ0) is 26.8. The highest BCUT2D eigenvalue weighted by molar-refractivity contribution is 7.71. The number of fused-ring (bicyclic) bond motifs is 1. The van der Waals surface area contributed by atoms with E-state index in [1.165, 1.54) is 26.3 Å². The number of aromatic amines is 1. The van der Waals surface area contributed by atoms with Crippen molar-refractivity contribution in [2.24, 2.45) is 4.99 Å². The minimum Gasteiger partial charge on any atom is -0.494 e. The Balaban J connectivity index is 1.62. The highest BCUT2D eigenvalue weighted by atomic mass is 32.1. The first-order valence-electron chi connectivity index (χ1n) is 12.7. The largest absolute Gasteiger partial charge is 0.494 e. The first-order chi connectivity index (χ1) is 18.4. The van der Waals surface area contributed by atoms with Crippen molar-refractivity contribution in [2.45, 2.75) is 39.7 Å². The summed E-state index contributed by atoms with van der Waals surface area (Å²) < 4.78 is 3.16. The van der Waals surface area contributed by atoms with Crippen LogP contribution in [0.1, 0.15) is 35.6 Å². The van der Waals surface area contributed by atoms with Crippen LogP contribution in [0.4, 0.5) is 0 Å². The van der Waals surface area contributed by atoms with Crippen LogP contribution in [0.2, 0.25) is 0 Å². The van der Waals surface area contributed by atoms with Crippen molar-refractivity contribution in [1.29, 1.82) is 0 Å². The van der Waals surface area contributed by atoms with E-state index in [1.54, 1.807) is 0 Å². The molecule has 0 amide bonds. The number of aromatic nitrogens is 3. The second-order valence-electron chi connectivity index (χ2n) is 9.57. The maximum Gasteiger partial charge on any atom is 0.271 e. The van der Waals surface area contributed by atoms with E-state index < -0.39 is 5.56 Å². The molecule has 0 bridgehead atoms. The maximum absolute atomic E-state index is 13.8. The Bertz CT molecular complexity index is 1740. The van der Waals surface area contributed by atoms with Crippen LogP contribution in [0.3, 0.4) is 0 Å². The summed E-state index contributed by atoms with van der Waals surface area (Å²) in [5.41, 5.74) is 5.38. The van der Waals surface area contributed by atoms with Crippen LogP contribution < -0.4 is 5.56 Å². The maximum atomic E-state index is 13.8. The molecule has 0 aliphatic heterocycles. The molecule has 5 aromatic rings. The third kappa shape index (κ3) is 4.85. The van der Waals surface area contributed by atoms with Crippen molar-refractivity contribution < 1.29 is 5.11 Å². The van der Waals surface area contributed by atoms with E-state index in [2.05, 4.69) is 24.0 Å². The summed E-state index contributed by atoms with van der Waals surface area (Å²) in [5, 5.41) is 12.5. The van der Waals surface area contributed by atoms with Gasteiger partial charge in [-0.1, -0.05) is 60.5 Å². The molecule has 2 aromatic heterocycles. The molecule has 7 heteroatoms. The zero-order valence-electron chi connectivity index (χ0n) is 21.7. The summed E-state index contributed by atoms with van der Waals surface area (Å²) >= 11 is 5.75. The van der Waals surface area contributed by atoms with Gasteiger partial charge in [-0.3, -0.25) is 18.9 Å². The summed E-state index contributed by atoms with van der Waals surface area (Å²) in [6.07, 6.45) is 5.01. The van der Waals surface area contributed by atoms with Gasteiger partial charge in [0.1, 0.15) is 5.56 Å². The summed E-state index contributed by atoms with van der Waals surface area (Å²) in [6, 6.07) is 23.3. The van der Waals surface area contributed by atoms with Gasteiger partial charge < -0.3 is 10.1 Å². The lowest BCUT2D eigenvalue weighted by Crippen LogP contribution is -2.27. The van der Waals surface area contributed by atoms with E-state index >= 15 is 0 Å². The quantitative estimate of drug-likeness (QED) is 0.187. The Morgan fingerprint density at radius 3 is 2.18 bits per heavy atom. The second-order valence-corrected chi connectivity index (χ2v) is 9.94. The number of benzene rings is 3. The van der Waals surface area contributed by atoms with Crippen molar-refractivity contribution in [3.8, 4) is 17.3 Å². The number of hydrogen-bond donors (Lipinski definition) is 2. The van der Waals surface area contributed by atoms with Crippen LogP contribution >= 0.6 is 12.2 Å². The van der Waals surface area contributed by atoms with Gasteiger partial charge in [-0.15, -0.1) is 0 Å². The minimum absolute atomic E-state index is 0.0724. The topological polar surface area (TPSA) is 75.3 Å². The normalized spacial score (nSPS) is 12.4. The fourth-order valence-corrected chi connectivity index (χ4v) is 4.99. The lowest BCUT2D eigenvalue weighted by atomic mass is 10.0.